The summed E-state index contributed by atoms with van der Waals surface area (Å²) in [6.07, 6.45) is 3.10. The number of hydrogen-bond acceptors (Lipinski definition) is 5. The predicted octanol–water partition coefficient (Wildman–Crippen LogP) is 2.75. The molecule has 1 aliphatic heterocycles. The highest BCUT2D eigenvalue weighted by atomic mass is 16.5. The first-order valence-electron chi connectivity index (χ1n) is 9.27. The van der Waals surface area contributed by atoms with E-state index in [1.807, 2.05) is 30.3 Å². The zero-order chi connectivity index (χ0) is 19.1. The summed E-state index contributed by atoms with van der Waals surface area (Å²) in [5, 5.41) is 12.2. The van der Waals surface area contributed by atoms with Crippen molar-refractivity contribution in [1.82, 2.24) is 10.3 Å². The maximum absolute atomic E-state index is 12.3. The fourth-order valence-corrected chi connectivity index (χ4v) is 3.23. The molecule has 1 amide bonds. The van der Waals surface area contributed by atoms with E-state index in [1.54, 1.807) is 25.3 Å². The van der Waals surface area contributed by atoms with Gasteiger partial charge in [0.05, 0.1) is 5.56 Å². The van der Waals surface area contributed by atoms with E-state index in [0.29, 0.717) is 23.8 Å². The van der Waals surface area contributed by atoms with Crippen LogP contribution in [0.3, 0.4) is 0 Å². The van der Waals surface area contributed by atoms with Gasteiger partial charge in [-0.15, -0.1) is 0 Å². The van der Waals surface area contributed by atoms with Crippen LogP contribution in [0, 0.1) is 17.2 Å². The van der Waals surface area contributed by atoms with Crippen molar-refractivity contribution in [2.24, 2.45) is 5.92 Å². The van der Waals surface area contributed by atoms with Crippen molar-refractivity contribution in [3.63, 3.8) is 0 Å². The van der Waals surface area contributed by atoms with Gasteiger partial charge in [-0.3, -0.25) is 4.79 Å². The number of anilines is 1. The molecule has 0 bridgehead atoms. The first-order valence-corrected chi connectivity index (χ1v) is 9.27. The first kappa shape index (κ1) is 18.7. The van der Waals surface area contributed by atoms with E-state index in [2.05, 4.69) is 21.3 Å². The van der Waals surface area contributed by atoms with E-state index in [9.17, 15) is 10.1 Å². The molecule has 1 atom stereocenters. The number of nitrogens with one attached hydrogen (secondary N) is 1. The summed E-state index contributed by atoms with van der Waals surface area (Å²) in [7, 11) is 0. The third-order valence-electron chi connectivity index (χ3n) is 4.81. The monoisotopic (exact) mass is 364 g/mol. The molecule has 0 aliphatic carbocycles. The van der Waals surface area contributed by atoms with Crippen molar-refractivity contribution in [3.8, 4) is 11.8 Å². The Balaban J connectivity index is 1.44. The van der Waals surface area contributed by atoms with Crippen LogP contribution >= 0.6 is 0 Å². The zero-order valence-corrected chi connectivity index (χ0v) is 15.5. The Hall–Kier alpha value is -3.07. The molecule has 2 heterocycles. The van der Waals surface area contributed by atoms with Gasteiger partial charge < -0.3 is 15.0 Å². The third kappa shape index (κ3) is 4.98. The number of hydrogen-bond donors (Lipinski definition) is 1. The number of amides is 1. The molecule has 2 aromatic rings. The van der Waals surface area contributed by atoms with E-state index in [-0.39, 0.29) is 5.91 Å². The molecule has 1 fully saturated rings. The van der Waals surface area contributed by atoms with Crippen LogP contribution in [0.15, 0.2) is 48.7 Å². The first-order chi connectivity index (χ1) is 13.2. The van der Waals surface area contributed by atoms with Crippen LogP contribution in [-0.4, -0.2) is 36.6 Å². The van der Waals surface area contributed by atoms with Crippen LogP contribution in [0.5, 0.6) is 5.75 Å². The third-order valence-corrected chi connectivity index (χ3v) is 4.81. The second-order valence-corrected chi connectivity index (χ2v) is 6.74. The lowest BCUT2D eigenvalue weighted by atomic mass is 9.96. The molecule has 140 valence electrons. The Labute approximate surface area is 159 Å². The highest BCUT2D eigenvalue weighted by Crippen LogP contribution is 2.23. The Morgan fingerprint density at radius 1 is 1.30 bits per heavy atom. The van der Waals surface area contributed by atoms with Gasteiger partial charge in [0.2, 0.25) is 0 Å². The molecule has 0 saturated carbocycles. The lowest BCUT2D eigenvalue weighted by molar-refractivity contribution is -0.127. The molecule has 1 aliphatic rings. The van der Waals surface area contributed by atoms with Crippen LogP contribution in [0.1, 0.15) is 25.3 Å². The van der Waals surface area contributed by atoms with Crippen molar-refractivity contribution < 1.29 is 9.53 Å². The largest absolute Gasteiger partial charge is 0.481 e. The number of pyridine rings is 1. The average molecular weight is 364 g/mol. The van der Waals surface area contributed by atoms with Gasteiger partial charge in [0.15, 0.2) is 6.10 Å². The fourth-order valence-electron chi connectivity index (χ4n) is 3.23. The van der Waals surface area contributed by atoms with Crippen LogP contribution in [0.2, 0.25) is 0 Å². The van der Waals surface area contributed by atoms with Gasteiger partial charge in [0, 0.05) is 25.8 Å². The van der Waals surface area contributed by atoms with Gasteiger partial charge in [-0.1, -0.05) is 18.2 Å². The lowest BCUT2D eigenvalue weighted by Crippen LogP contribution is -2.42. The summed E-state index contributed by atoms with van der Waals surface area (Å²) < 4.78 is 5.66. The van der Waals surface area contributed by atoms with Crippen LogP contribution < -0.4 is 15.0 Å². The predicted molar refractivity (Wildman–Crippen MR) is 103 cm³/mol. The highest BCUT2D eigenvalue weighted by Gasteiger charge is 2.23. The number of benzene rings is 1. The fraction of sp³-hybridized carbons (Fsp3) is 0.381. The topological polar surface area (TPSA) is 78.2 Å². The Bertz CT molecular complexity index is 795. The van der Waals surface area contributed by atoms with E-state index >= 15 is 0 Å². The SMILES string of the molecule is CC(Oc1ccccc1)C(=O)NCC1CCN(c2ncccc2C#N)CC1. The number of ether oxygens (including phenoxy) is 1. The second kappa shape index (κ2) is 9.04. The number of para-hydroxylation sites is 1. The summed E-state index contributed by atoms with van der Waals surface area (Å²) in [6.45, 7) is 4.07. The number of aromatic nitrogens is 1. The Morgan fingerprint density at radius 3 is 2.74 bits per heavy atom. The quantitative estimate of drug-likeness (QED) is 0.853. The number of carbonyl (C=O) groups excluding carboxylic acids is 1. The van der Waals surface area contributed by atoms with Gasteiger partial charge >= 0.3 is 0 Å². The van der Waals surface area contributed by atoms with Gasteiger partial charge in [0.25, 0.3) is 5.91 Å². The van der Waals surface area contributed by atoms with Gasteiger partial charge in [-0.25, -0.2) is 4.98 Å². The number of nitrogens with zero attached hydrogens (tertiary/aromatic N) is 3. The normalized spacial score (nSPS) is 15.6. The minimum Gasteiger partial charge on any atom is -0.481 e. The van der Waals surface area contributed by atoms with E-state index in [1.165, 1.54) is 0 Å². The molecule has 3 rings (SSSR count). The standard InChI is InChI=1S/C21H24N4O2/c1-16(27-19-7-3-2-4-8-19)21(26)24-15-17-9-12-25(13-10-17)20-18(14-22)6-5-11-23-20/h2-8,11,16-17H,9-10,12-13,15H2,1H3,(H,24,26). The molecule has 0 spiro atoms. The molecule has 1 aromatic heterocycles. The molecule has 1 saturated heterocycles. The maximum Gasteiger partial charge on any atom is 0.260 e. The average Bonchev–Trinajstić information content (AvgIpc) is 2.73. The number of piperidine rings is 1. The molecule has 1 aromatic carbocycles. The highest BCUT2D eigenvalue weighted by molar-refractivity contribution is 5.80. The van der Waals surface area contributed by atoms with E-state index in [0.717, 1.165) is 31.7 Å². The smallest absolute Gasteiger partial charge is 0.260 e. The summed E-state index contributed by atoms with van der Waals surface area (Å²) in [5.41, 5.74) is 0.608. The summed E-state index contributed by atoms with van der Waals surface area (Å²) in [4.78, 5) is 18.8. The summed E-state index contributed by atoms with van der Waals surface area (Å²) in [6, 6.07) is 15.1. The molecular formula is C21H24N4O2. The lowest BCUT2D eigenvalue weighted by Gasteiger charge is -2.33. The van der Waals surface area contributed by atoms with Crippen molar-refractivity contribution >= 4 is 11.7 Å². The van der Waals surface area contributed by atoms with Crippen molar-refractivity contribution in [2.75, 3.05) is 24.5 Å². The molecule has 1 N–H and O–H groups in total. The minimum absolute atomic E-state index is 0.0993. The van der Waals surface area contributed by atoms with Crippen LogP contribution in [-0.2, 0) is 4.79 Å². The van der Waals surface area contributed by atoms with Gasteiger partial charge in [0.1, 0.15) is 17.6 Å². The number of nitriles is 1. The molecule has 27 heavy (non-hydrogen) atoms. The van der Waals surface area contributed by atoms with Crippen molar-refractivity contribution in [1.29, 1.82) is 5.26 Å². The second-order valence-electron chi connectivity index (χ2n) is 6.74. The molecule has 1 unspecified atom stereocenters. The van der Waals surface area contributed by atoms with E-state index in [4.69, 9.17) is 4.74 Å². The zero-order valence-electron chi connectivity index (χ0n) is 15.5. The van der Waals surface area contributed by atoms with Crippen LogP contribution in [0.4, 0.5) is 5.82 Å². The summed E-state index contributed by atoms with van der Waals surface area (Å²) >= 11 is 0. The van der Waals surface area contributed by atoms with Crippen molar-refractivity contribution in [3.05, 3.63) is 54.2 Å². The molecular weight excluding hydrogens is 340 g/mol. The number of carbonyl (C=O) groups is 1. The van der Waals surface area contributed by atoms with Crippen LogP contribution in [0.25, 0.3) is 0 Å². The Kier molecular flexibility index (Phi) is 6.26. The summed E-state index contributed by atoms with van der Waals surface area (Å²) in [5.74, 6) is 1.77. The molecule has 6 heteroatoms. The maximum atomic E-state index is 12.3. The molecule has 6 nitrogen and oxygen atoms in total. The minimum atomic E-state index is -0.529. The van der Waals surface area contributed by atoms with E-state index < -0.39 is 6.10 Å². The Morgan fingerprint density at radius 2 is 2.04 bits per heavy atom. The number of rotatable bonds is 6. The van der Waals surface area contributed by atoms with Gasteiger partial charge in [-0.05, 0) is 49.9 Å². The molecule has 0 radical (unpaired) electrons. The van der Waals surface area contributed by atoms with Gasteiger partial charge in [-0.2, -0.15) is 5.26 Å². The van der Waals surface area contributed by atoms with Crippen molar-refractivity contribution in [2.45, 2.75) is 25.9 Å².